The summed E-state index contributed by atoms with van der Waals surface area (Å²) < 4.78 is 39.3. The minimum Gasteiger partial charge on any atom is -0.342 e. The van der Waals surface area contributed by atoms with Crippen molar-refractivity contribution in [2.45, 2.75) is 44.7 Å². The maximum atomic E-state index is 13.1. The summed E-state index contributed by atoms with van der Waals surface area (Å²) in [7, 11) is 0. The summed E-state index contributed by atoms with van der Waals surface area (Å²) >= 11 is 0. The zero-order valence-electron chi connectivity index (χ0n) is 15.3. The van der Waals surface area contributed by atoms with Crippen LogP contribution in [0.2, 0.25) is 0 Å². The second-order valence-corrected chi connectivity index (χ2v) is 7.50. The number of alkyl halides is 3. The number of likely N-dealkylation sites (tertiary alicyclic amines) is 2. The third-order valence-electron chi connectivity index (χ3n) is 5.68. The molecule has 144 valence electrons. The van der Waals surface area contributed by atoms with E-state index >= 15 is 0 Å². The molecule has 6 heteroatoms. The van der Waals surface area contributed by atoms with Gasteiger partial charge in [-0.2, -0.15) is 13.2 Å². The molecule has 1 aromatic rings. The van der Waals surface area contributed by atoms with Crippen LogP contribution in [-0.4, -0.2) is 48.4 Å². The average molecular weight is 368 g/mol. The van der Waals surface area contributed by atoms with Gasteiger partial charge >= 0.3 is 6.18 Å². The molecule has 2 atom stereocenters. The molecule has 2 aliphatic rings. The van der Waals surface area contributed by atoms with Crippen molar-refractivity contribution in [1.82, 2.24) is 9.80 Å². The molecule has 2 saturated heterocycles. The molecule has 0 bridgehead atoms. The molecule has 3 nitrogen and oxygen atoms in total. The maximum Gasteiger partial charge on any atom is 0.416 e. The van der Waals surface area contributed by atoms with E-state index in [1.807, 2.05) is 11.8 Å². The minimum atomic E-state index is -4.34. The number of benzene rings is 1. The molecule has 2 fully saturated rings. The van der Waals surface area contributed by atoms with Crippen molar-refractivity contribution in [3.63, 3.8) is 0 Å². The van der Waals surface area contributed by atoms with Gasteiger partial charge in [0.05, 0.1) is 5.56 Å². The summed E-state index contributed by atoms with van der Waals surface area (Å²) in [5.41, 5.74) is 0.0974. The quantitative estimate of drug-likeness (QED) is 0.797. The molecule has 0 saturated carbocycles. The predicted octanol–water partition coefficient (Wildman–Crippen LogP) is 4.14. The van der Waals surface area contributed by atoms with Crippen LogP contribution in [-0.2, 0) is 11.0 Å². The summed E-state index contributed by atoms with van der Waals surface area (Å²) in [5, 5.41) is 0. The molecular weight excluding hydrogens is 341 g/mol. The summed E-state index contributed by atoms with van der Waals surface area (Å²) in [4.78, 5) is 16.4. The molecular formula is C20H27F3N2O. The Morgan fingerprint density at radius 3 is 2.54 bits per heavy atom. The number of carbonyl (C=O) groups excluding carboxylic acids is 1. The van der Waals surface area contributed by atoms with Crippen molar-refractivity contribution in [3.8, 4) is 0 Å². The van der Waals surface area contributed by atoms with Gasteiger partial charge < -0.3 is 9.80 Å². The second-order valence-electron chi connectivity index (χ2n) is 7.50. The van der Waals surface area contributed by atoms with Crippen LogP contribution in [0.15, 0.2) is 24.3 Å². The van der Waals surface area contributed by atoms with E-state index in [0.717, 1.165) is 25.7 Å². The van der Waals surface area contributed by atoms with Gasteiger partial charge in [0.1, 0.15) is 0 Å². The highest BCUT2D eigenvalue weighted by Crippen LogP contribution is 2.37. The molecule has 2 unspecified atom stereocenters. The summed E-state index contributed by atoms with van der Waals surface area (Å²) in [6, 6.07) is 5.66. The Morgan fingerprint density at radius 2 is 1.88 bits per heavy atom. The number of amides is 1. The van der Waals surface area contributed by atoms with Crippen LogP contribution in [0.3, 0.4) is 0 Å². The molecule has 2 aliphatic heterocycles. The van der Waals surface area contributed by atoms with Crippen molar-refractivity contribution in [2.24, 2.45) is 5.92 Å². The third-order valence-corrected chi connectivity index (χ3v) is 5.68. The first kappa shape index (κ1) is 19.2. The summed E-state index contributed by atoms with van der Waals surface area (Å²) in [6.45, 7) is 5.95. The predicted molar refractivity (Wildman–Crippen MR) is 94.8 cm³/mol. The van der Waals surface area contributed by atoms with Crippen molar-refractivity contribution >= 4 is 5.91 Å². The average Bonchev–Trinajstić information content (AvgIpc) is 3.05. The van der Waals surface area contributed by atoms with Crippen LogP contribution in [0, 0.1) is 5.92 Å². The lowest BCUT2D eigenvalue weighted by Crippen LogP contribution is -2.36. The van der Waals surface area contributed by atoms with Gasteiger partial charge in [0.15, 0.2) is 0 Å². The lowest BCUT2D eigenvalue weighted by Gasteiger charge is -2.31. The molecule has 1 aromatic carbocycles. The number of rotatable bonds is 4. The van der Waals surface area contributed by atoms with E-state index in [9.17, 15) is 18.0 Å². The number of halogens is 3. The van der Waals surface area contributed by atoms with E-state index in [4.69, 9.17) is 0 Å². The molecule has 0 N–H and O–H groups in total. The van der Waals surface area contributed by atoms with E-state index < -0.39 is 11.7 Å². The SMILES string of the molecule is CCC(=O)N1CC(CN2CCCCC2)C(c2cccc(C(F)(F)F)c2)C1. The molecule has 0 spiro atoms. The van der Waals surface area contributed by atoms with Crippen LogP contribution in [0.4, 0.5) is 13.2 Å². The molecule has 0 radical (unpaired) electrons. The van der Waals surface area contributed by atoms with Crippen LogP contribution in [0.25, 0.3) is 0 Å². The van der Waals surface area contributed by atoms with Crippen LogP contribution >= 0.6 is 0 Å². The van der Waals surface area contributed by atoms with Gasteiger partial charge in [-0.15, -0.1) is 0 Å². The first-order valence-electron chi connectivity index (χ1n) is 9.55. The number of hydrogen-bond acceptors (Lipinski definition) is 2. The number of piperidine rings is 1. The van der Waals surface area contributed by atoms with E-state index in [1.54, 1.807) is 6.07 Å². The molecule has 26 heavy (non-hydrogen) atoms. The van der Waals surface area contributed by atoms with Gasteiger partial charge in [-0.05, 0) is 43.5 Å². The van der Waals surface area contributed by atoms with Crippen molar-refractivity contribution in [2.75, 3.05) is 32.7 Å². The Hall–Kier alpha value is -1.56. The Balaban J connectivity index is 1.82. The van der Waals surface area contributed by atoms with Gasteiger partial charge in [0.25, 0.3) is 0 Å². The highest BCUT2D eigenvalue weighted by molar-refractivity contribution is 5.76. The van der Waals surface area contributed by atoms with Gasteiger partial charge in [0.2, 0.25) is 5.91 Å². The minimum absolute atomic E-state index is 0.0327. The van der Waals surface area contributed by atoms with Crippen molar-refractivity contribution in [3.05, 3.63) is 35.4 Å². The Labute approximate surface area is 153 Å². The van der Waals surface area contributed by atoms with E-state index in [0.29, 0.717) is 25.1 Å². The van der Waals surface area contributed by atoms with Crippen molar-refractivity contribution in [1.29, 1.82) is 0 Å². The lowest BCUT2D eigenvalue weighted by molar-refractivity contribution is -0.137. The monoisotopic (exact) mass is 368 g/mol. The standard InChI is InChI=1S/C20H27F3N2O/c1-2-19(26)25-13-16(12-24-9-4-3-5-10-24)18(14-25)15-7-6-8-17(11-15)20(21,22)23/h6-8,11,16,18H,2-5,9-10,12-14H2,1H3. The number of hydrogen-bond donors (Lipinski definition) is 0. The fourth-order valence-corrected chi connectivity index (χ4v) is 4.28. The summed E-state index contributed by atoms with van der Waals surface area (Å²) in [5.74, 6) is 0.241. The molecule has 0 aliphatic carbocycles. The zero-order chi connectivity index (χ0) is 18.7. The fraction of sp³-hybridized carbons (Fsp3) is 0.650. The first-order chi connectivity index (χ1) is 12.4. The lowest BCUT2D eigenvalue weighted by atomic mass is 9.87. The third kappa shape index (κ3) is 4.40. The van der Waals surface area contributed by atoms with E-state index in [1.165, 1.54) is 31.4 Å². The largest absolute Gasteiger partial charge is 0.416 e. The van der Waals surface area contributed by atoms with Crippen molar-refractivity contribution < 1.29 is 18.0 Å². The fourth-order valence-electron chi connectivity index (χ4n) is 4.28. The topological polar surface area (TPSA) is 23.6 Å². The smallest absolute Gasteiger partial charge is 0.342 e. The van der Waals surface area contributed by atoms with E-state index in [2.05, 4.69) is 4.90 Å². The molecule has 1 amide bonds. The normalized spacial score (nSPS) is 24.8. The van der Waals surface area contributed by atoms with Crippen LogP contribution < -0.4 is 0 Å². The van der Waals surface area contributed by atoms with Gasteiger partial charge in [-0.1, -0.05) is 31.5 Å². The van der Waals surface area contributed by atoms with E-state index in [-0.39, 0.29) is 17.7 Å². The highest BCUT2D eigenvalue weighted by Gasteiger charge is 2.38. The zero-order valence-corrected chi connectivity index (χ0v) is 15.3. The number of nitrogens with zero attached hydrogens (tertiary/aromatic N) is 2. The second kappa shape index (κ2) is 7.99. The molecule has 0 aromatic heterocycles. The Kier molecular flexibility index (Phi) is 5.90. The highest BCUT2D eigenvalue weighted by atomic mass is 19.4. The Bertz CT molecular complexity index is 626. The first-order valence-corrected chi connectivity index (χ1v) is 9.55. The number of carbonyl (C=O) groups is 1. The van der Waals surface area contributed by atoms with Crippen LogP contribution in [0.1, 0.15) is 49.7 Å². The van der Waals surface area contributed by atoms with Crippen LogP contribution in [0.5, 0.6) is 0 Å². The maximum absolute atomic E-state index is 13.1. The molecule has 3 rings (SSSR count). The molecule has 2 heterocycles. The summed E-state index contributed by atoms with van der Waals surface area (Å²) in [6.07, 6.45) is -0.294. The Morgan fingerprint density at radius 1 is 1.15 bits per heavy atom. The van der Waals surface area contributed by atoms with Gasteiger partial charge in [0, 0.05) is 32.0 Å². The van der Waals surface area contributed by atoms with Gasteiger partial charge in [-0.25, -0.2) is 0 Å². The van der Waals surface area contributed by atoms with Gasteiger partial charge in [-0.3, -0.25) is 4.79 Å².